The molecule has 2 rings (SSSR count). The Labute approximate surface area is 172 Å². The summed E-state index contributed by atoms with van der Waals surface area (Å²) in [5, 5.41) is 2.81. The molecule has 1 aromatic carbocycles. The second-order valence-corrected chi connectivity index (χ2v) is 9.08. The second kappa shape index (κ2) is 8.27. The summed E-state index contributed by atoms with van der Waals surface area (Å²) in [5.74, 6) is -0.493. The smallest absolute Gasteiger partial charge is 0.417 e. The van der Waals surface area contributed by atoms with Crippen LogP contribution in [0.4, 0.5) is 9.59 Å². The highest BCUT2D eigenvalue weighted by Gasteiger charge is 2.41. The van der Waals surface area contributed by atoms with Crippen molar-refractivity contribution in [2.45, 2.75) is 71.8 Å². The third-order valence-corrected chi connectivity index (χ3v) is 3.98. The first-order valence-electron chi connectivity index (χ1n) is 9.57. The molecule has 7 heteroatoms. The van der Waals surface area contributed by atoms with Crippen molar-refractivity contribution >= 4 is 18.1 Å². The Hall–Kier alpha value is -2.83. The lowest BCUT2D eigenvalue weighted by Gasteiger charge is -2.33. The maximum absolute atomic E-state index is 12.7. The molecule has 1 N–H and O–H groups in total. The molecule has 2 atom stereocenters. The highest BCUT2D eigenvalue weighted by atomic mass is 16.6. The molecule has 0 bridgehead atoms. The first kappa shape index (κ1) is 22.5. The summed E-state index contributed by atoms with van der Waals surface area (Å²) in [6.45, 7) is 12.4. The minimum Gasteiger partial charge on any atom is -0.444 e. The van der Waals surface area contributed by atoms with Gasteiger partial charge >= 0.3 is 12.2 Å². The van der Waals surface area contributed by atoms with Crippen LogP contribution in [0.3, 0.4) is 0 Å². The van der Waals surface area contributed by atoms with Gasteiger partial charge in [-0.05, 0) is 54.0 Å². The molecule has 0 fully saturated rings. The Morgan fingerprint density at radius 1 is 1.07 bits per heavy atom. The monoisotopic (exact) mass is 402 g/mol. The minimum atomic E-state index is -0.763. The molecule has 3 amide bonds. The van der Waals surface area contributed by atoms with Gasteiger partial charge < -0.3 is 14.8 Å². The van der Waals surface area contributed by atoms with Gasteiger partial charge in [0.2, 0.25) is 0 Å². The average Bonchev–Trinajstić information content (AvgIpc) is 2.90. The number of carbonyl (C=O) groups excluding carboxylic acids is 3. The molecule has 0 aliphatic carbocycles. The van der Waals surface area contributed by atoms with Crippen molar-refractivity contribution in [1.29, 1.82) is 0 Å². The van der Waals surface area contributed by atoms with Crippen molar-refractivity contribution < 1.29 is 23.9 Å². The SMILES string of the molecule is Cc1cccc([C@@H](NC(=O)OC(C)(C)C)[C@H]2C=CC(=O)N2C(=O)OC(C)(C)C)c1. The van der Waals surface area contributed by atoms with Gasteiger partial charge in [-0.1, -0.05) is 35.9 Å². The number of amides is 3. The van der Waals surface area contributed by atoms with Gasteiger partial charge in [0, 0.05) is 6.08 Å². The van der Waals surface area contributed by atoms with E-state index in [1.165, 1.54) is 6.08 Å². The van der Waals surface area contributed by atoms with E-state index in [1.807, 2.05) is 31.2 Å². The van der Waals surface area contributed by atoms with E-state index in [-0.39, 0.29) is 0 Å². The molecule has 29 heavy (non-hydrogen) atoms. The summed E-state index contributed by atoms with van der Waals surface area (Å²) >= 11 is 0. The van der Waals surface area contributed by atoms with Gasteiger partial charge in [0.15, 0.2) is 0 Å². The van der Waals surface area contributed by atoms with Crippen LogP contribution in [0, 0.1) is 6.92 Å². The van der Waals surface area contributed by atoms with Gasteiger partial charge in [0.25, 0.3) is 5.91 Å². The Bertz CT molecular complexity index is 817. The lowest BCUT2D eigenvalue weighted by molar-refractivity contribution is -0.125. The van der Waals surface area contributed by atoms with E-state index in [4.69, 9.17) is 9.47 Å². The van der Waals surface area contributed by atoms with Gasteiger partial charge in [-0.15, -0.1) is 0 Å². The van der Waals surface area contributed by atoms with Crippen LogP contribution in [0.25, 0.3) is 0 Å². The number of rotatable bonds is 3. The van der Waals surface area contributed by atoms with Gasteiger partial charge in [-0.3, -0.25) is 4.79 Å². The Balaban J connectivity index is 2.38. The van der Waals surface area contributed by atoms with Crippen LogP contribution in [0.15, 0.2) is 36.4 Å². The first-order chi connectivity index (χ1) is 13.3. The van der Waals surface area contributed by atoms with Crippen molar-refractivity contribution in [2.75, 3.05) is 0 Å². The molecule has 0 saturated heterocycles. The van der Waals surface area contributed by atoms with Gasteiger partial charge in [0.1, 0.15) is 11.2 Å². The van der Waals surface area contributed by atoms with Crippen molar-refractivity contribution in [1.82, 2.24) is 10.2 Å². The zero-order chi connectivity index (χ0) is 22.0. The standard InChI is InChI=1S/C22H30N2O5/c1-14-9-8-10-15(13-14)18(23-19(26)28-21(2,3)4)16-11-12-17(25)24(16)20(27)29-22(5,6)7/h8-13,16,18H,1-7H3,(H,23,26)/t16-,18-/m1/s1. The molecule has 0 spiro atoms. The molecule has 0 radical (unpaired) electrons. The van der Waals surface area contributed by atoms with Crippen LogP contribution < -0.4 is 5.32 Å². The van der Waals surface area contributed by atoms with E-state index < -0.39 is 41.4 Å². The van der Waals surface area contributed by atoms with Gasteiger partial charge in [-0.25, -0.2) is 14.5 Å². The van der Waals surface area contributed by atoms with Crippen LogP contribution in [0.5, 0.6) is 0 Å². The number of nitrogens with zero attached hydrogens (tertiary/aromatic N) is 1. The fourth-order valence-corrected chi connectivity index (χ4v) is 2.94. The summed E-state index contributed by atoms with van der Waals surface area (Å²) in [4.78, 5) is 38.6. The Morgan fingerprint density at radius 3 is 2.24 bits per heavy atom. The third kappa shape index (κ3) is 6.34. The number of alkyl carbamates (subject to hydrolysis) is 1. The van der Waals surface area contributed by atoms with E-state index >= 15 is 0 Å². The normalized spacial score (nSPS) is 17.8. The predicted molar refractivity (Wildman–Crippen MR) is 109 cm³/mol. The van der Waals surface area contributed by atoms with Crippen molar-refractivity contribution in [2.24, 2.45) is 0 Å². The highest BCUT2D eigenvalue weighted by molar-refractivity contribution is 6.01. The van der Waals surface area contributed by atoms with Crippen LogP contribution >= 0.6 is 0 Å². The lowest BCUT2D eigenvalue weighted by Crippen LogP contribution is -2.49. The van der Waals surface area contributed by atoms with E-state index in [0.717, 1.165) is 16.0 Å². The Morgan fingerprint density at radius 2 is 1.69 bits per heavy atom. The molecular weight excluding hydrogens is 372 g/mol. The second-order valence-electron chi connectivity index (χ2n) is 9.08. The molecule has 1 aromatic rings. The maximum atomic E-state index is 12.7. The number of carbonyl (C=O) groups is 3. The molecule has 0 aromatic heterocycles. The molecule has 0 saturated carbocycles. The lowest BCUT2D eigenvalue weighted by atomic mass is 9.97. The van der Waals surface area contributed by atoms with Crippen LogP contribution in [0.1, 0.15) is 58.7 Å². The number of hydrogen-bond acceptors (Lipinski definition) is 5. The van der Waals surface area contributed by atoms with Crippen molar-refractivity contribution in [3.05, 3.63) is 47.5 Å². The van der Waals surface area contributed by atoms with Crippen molar-refractivity contribution in [3.63, 3.8) is 0 Å². The number of nitrogens with one attached hydrogen (secondary N) is 1. The summed E-state index contributed by atoms with van der Waals surface area (Å²) in [6.07, 6.45) is 1.51. The number of ether oxygens (including phenoxy) is 2. The van der Waals surface area contributed by atoms with Crippen LogP contribution in [0.2, 0.25) is 0 Å². The minimum absolute atomic E-state index is 0.493. The summed E-state index contributed by atoms with van der Waals surface area (Å²) in [6, 6.07) is 6.07. The number of hydrogen-bond donors (Lipinski definition) is 1. The van der Waals surface area contributed by atoms with E-state index in [9.17, 15) is 14.4 Å². The van der Waals surface area contributed by atoms with E-state index in [0.29, 0.717) is 0 Å². The molecular formula is C22H30N2O5. The van der Waals surface area contributed by atoms with Crippen LogP contribution in [-0.4, -0.2) is 40.2 Å². The summed E-state index contributed by atoms with van der Waals surface area (Å²) in [7, 11) is 0. The van der Waals surface area contributed by atoms with Gasteiger partial charge in [0.05, 0.1) is 12.1 Å². The maximum Gasteiger partial charge on any atom is 0.417 e. The largest absolute Gasteiger partial charge is 0.444 e. The van der Waals surface area contributed by atoms with Gasteiger partial charge in [-0.2, -0.15) is 0 Å². The molecule has 1 aliphatic heterocycles. The summed E-state index contributed by atoms with van der Waals surface area (Å²) < 4.78 is 10.8. The quantitative estimate of drug-likeness (QED) is 0.816. The molecule has 0 unspecified atom stereocenters. The molecule has 1 aliphatic rings. The fraction of sp³-hybridized carbons (Fsp3) is 0.500. The third-order valence-electron chi connectivity index (χ3n) is 3.98. The molecule has 158 valence electrons. The first-order valence-corrected chi connectivity index (χ1v) is 9.57. The fourth-order valence-electron chi connectivity index (χ4n) is 2.94. The van der Waals surface area contributed by atoms with E-state index in [2.05, 4.69) is 5.32 Å². The average molecular weight is 402 g/mol. The molecule has 7 nitrogen and oxygen atoms in total. The summed E-state index contributed by atoms with van der Waals surface area (Å²) in [5.41, 5.74) is 0.277. The molecule has 1 heterocycles. The Kier molecular flexibility index (Phi) is 6.40. The van der Waals surface area contributed by atoms with Crippen LogP contribution in [-0.2, 0) is 14.3 Å². The zero-order valence-corrected chi connectivity index (χ0v) is 18.1. The number of aryl methyl sites for hydroxylation is 1. The predicted octanol–water partition coefficient (Wildman–Crippen LogP) is 4.26. The number of benzene rings is 1. The zero-order valence-electron chi connectivity index (χ0n) is 18.1. The van der Waals surface area contributed by atoms with Crippen molar-refractivity contribution in [3.8, 4) is 0 Å². The highest BCUT2D eigenvalue weighted by Crippen LogP contribution is 2.29. The topological polar surface area (TPSA) is 84.9 Å². The van der Waals surface area contributed by atoms with E-state index in [1.54, 1.807) is 47.6 Å². The number of imide groups is 1.